The fraction of sp³-hybridized carbons (Fsp3) is 0.154. The molecule has 0 unspecified atom stereocenters. The number of nitrogens with one attached hydrogen (secondary N) is 1. The molecule has 2 N–H and O–H groups in total. The maximum atomic E-state index is 12.7. The summed E-state index contributed by atoms with van der Waals surface area (Å²) in [7, 11) is 0. The van der Waals surface area contributed by atoms with Crippen molar-refractivity contribution in [3.05, 3.63) is 57.5 Å². The lowest BCUT2D eigenvalue weighted by molar-refractivity contribution is 0.0701. The predicted octanol–water partition coefficient (Wildman–Crippen LogP) is 2.88. The second kappa shape index (κ2) is 5.75. The molecule has 18 heavy (non-hydrogen) atoms. The first-order valence-electron chi connectivity index (χ1n) is 5.41. The van der Waals surface area contributed by atoms with E-state index in [1.54, 1.807) is 23.6 Å². The second-order valence-electron chi connectivity index (χ2n) is 3.81. The molecule has 1 heterocycles. The summed E-state index contributed by atoms with van der Waals surface area (Å²) in [5, 5.41) is 13.8. The number of hydrogen-bond acceptors (Lipinski definition) is 3. The lowest BCUT2D eigenvalue weighted by Gasteiger charge is -2.04. The lowest BCUT2D eigenvalue weighted by atomic mass is 10.2. The van der Waals surface area contributed by atoms with Crippen LogP contribution in [0.2, 0.25) is 0 Å². The molecule has 0 saturated carbocycles. The standard InChI is InChI=1S/C13H12FNO2S/c14-11-3-1-9(2-4-11)7-15-8-10-5-6-18-12(10)13(16)17/h1-6,15H,7-8H2,(H,16,17). The molecule has 0 radical (unpaired) electrons. The summed E-state index contributed by atoms with van der Waals surface area (Å²) < 4.78 is 12.7. The summed E-state index contributed by atoms with van der Waals surface area (Å²) in [6.45, 7) is 1.07. The van der Waals surface area contributed by atoms with E-state index in [0.29, 0.717) is 18.0 Å². The van der Waals surface area contributed by atoms with E-state index in [1.807, 2.05) is 0 Å². The molecule has 0 fully saturated rings. The Labute approximate surface area is 108 Å². The summed E-state index contributed by atoms with van der Waals surface area (Å²) in [4.78, 5) is 11.3. The Bertz CT molecular complexity index is 536. The molecule has 0 bridgehead atoms. The fourth-order valence-corrected chi connectivity index (χ4v) is 2.37. The van der Waals surface area contributed by atoms with Crippen LogP contribution in [0.25, 0.3) is 0 Å². The summed E-state index contributed by atoms with van der Waals surface area (Å²) in [6.07, 6.45) is 0. The average molecular weight is 265 g/mol. The number of halogens is 1. The number of aromatic carboxylic acids is 1. The molecule has 0 atom stereocenters. The third-order valence-corrected chi connectivity index (χ3v) is 3.44. The second-order valence-corrected chi connectivity index (χ2v) is 4.73. The molecule has 0 aliphatic rings. The monoisotopic (exact) mass is 265 g/mol. The van der Waals surface area contributed by atoms with Gasteiger partial charge in [-0.15, -0.1) is 11.3 Å². The third-order valence-electron chi connectivity index (χ3n) is 2.50. The minimum Gasteiger partial charge on any atom is -0.477 e. The van der Waals surface area contributed by atoms with Gasteiger partial charge in [-0.3, -0.25) is 0 Å². The molecule has 2 rings (SSSR count). The molecule has 0 aliphatic carbocycles. The van der Waals surface area contributed by atoms with E-state index in [-0.39, 0.29) is 5.82 Å². The number of carboxylic acid groups (broad SMARTS) is 1. The highest BCUT2D eigenvalue weighted by Gasteiger charge is 2.10. The molecule has 94 valence electrons. The Kier molecular flexibility index (Phi) is 4.07. The van der Waals surface area contributed by atoms with Gasteiger partial charge in [0.05, 0.1) is 0 Å². The molecule has 5 heteroatoms. The van der Waals surface area contributed by atoms with Gasteiger partial charge in [-0.05, 0) is 34.7 Å². The molecule has 3 nitrogen and oxygen atoms in total. The van der Waals surface area contributed by atoms with Gasteiger partial charge in [0.1, 0.15) is 10.7 Å². The van der Waals surface area contributed by atoms with Crippen molar-refractivity contribution in [2.45, 2.75) is 13.1 Å². The van der Waals surface area contributed by atoms with Crippen molar-refractivity contribution in [3.63, 3.8) is 0 Å². The smallest absolute Gasteiger partial charge is 0.346 e. The Morgan fingerprint density at radius 2 is 1.94 bits per heavy atom. The van der Waals surface area contributed by atoms with Gasteiger partial charge in [-0.2, -0.15) is 0 Å². The van der Waals surface area contributed by atoms with E-state index in [9.17, 15) is 9.18 Å². The minimum atomic E-state index is -0.899. The molecular formula is C13H12FNO2S. The van der Waals surface area contributed by atoms with Crippen LogP contribution in [-0.4, -0.2) is 11.1 Å². The van der Waals surface area contributed by atoms with Crippen molar-refractivity contribution in [2.24, 2.45) is 0 Å². The highest BCUT2D eigenvalue weighted by molar-refractivity contribution is 7.12. The van der Waals surface area contributed by atoms with Gasteiger partial charge in [0.15, 0.2) is 0 Å². The van der Waals surface area contributed by atoms with Crippen molar-refractivity contribution in [1.29, 1.82) is 0 Å². The van der Waals surface area contributed by atoms with Gasteiger partial charge in [0, 0.05) is 13.1 Å². The van der Waals surface area contributed by atoms with Crippen molar-refractivity contribution < 1.29 is 14.3 Å². The number of rotatable bonds is 5. The van der Waals surface area contributed by atoms with Gasteiger partial charge >= 0.3 is 5.97 Å². The summed E-state index contributed by atoms with van der Waals surface area (Å²) in [6, 6.07) is 8.02. The van der Waals surface area contributed by atoms with Gasteiger partial charge < -0.3 is 10.4 Å². The highest BCUT2D eigenvalue weighted by Crippen LogP contribution is 2.16. The molecule has 2 aromatic rings. The van der Waals surface area contributed by atoms with Crippen LogP contribution < -0.4 is 5.32 Å². The van der Waals surface area contributed by atoms with E-state index in [2.05, 4.69) is 5.32 Å². The van der Waals surface area contributed by atoms with Crippen molar-refractivity contribution >= 4 is 17.3 Å². The van der Waals surface area contributed by atoms with Crippen molar-refractivity contribution in [1.82, 2.24) is 5.32 Å². The van der Waals surface area contributed by atoms with E-state index < -0.39 is 5.97 Å². The van der Waals surface area contributed by atoms with Gasteiger partial charge in [-0.25, -0.2) is 9.18 Å². The van der Waals surface area contributed by atoms with Crippen LogP contribution in [-0.2, 0) is 13.1 Å². The zero-order chi connectivity index (χ0) is 13.0. The molecule has 0 saturated heterocycles. The summed E-state index contributed by atoms with van der Waals surface area (Å²) in [5.41, 5.74) is 1.73. The van der Waals surface area contributed by atoms with Crippen LogP contribution in [0.1, 0.15) is 20.8 Å². The molecule has 0 aliphatic heterocycles. The minimum absolute atomic E-state index is 0.259. The van der Waals surface area contributed by atoms with Gasteiger partial charge in [0.25, 0.3) is 0 Å². The molecule has 0 amide bonds. The predicted molar refractivity (Wildman–Crippen MR) is 68.2 cm³/mol. The maximum absolute atomic E-state index is 12.7. The van der Waals surface area contributed by atoms with Gasteiger partial charge in [-0.1, -0.05) is 12.1 Å². The normalized spacial score (nSPS) is 10.5. The van der Waals surface area contributed by atoms with Gasteiger partial charge in [0.2, 0.25) is 0 Å². The first-order valence-corrected chi connectivity index (χ1v) is 6.29. The zero-order valence-corrected chi connectivity index (χ0v) is 10.3. The Balaban J connectivity index is 1.90. The SMILES string of the molecule is O=C(O)c1sccc1CNCc1ccc(F)cc1. The van der Waals surface area contributed by atoms with E-state index >= 15 is 0 Å². The summed E-state index contributed by atoms with van der Waals surface area (Å²) in [5.74, 6) is -1.16. The van der Waals surface area contributed by atoms with Crippen LogP contribution in [0.5, 0.6) is 0 Å². The fourth-order valence-electron chi connectivity index (χ4n) is 1.61. The number of thiophene rings is 1. The van der Waals surface area contributed by atoms with Crippen molar-refractivity contribution in [3.8, 4) is 0 Å². The average Bonchev–Trinajstić information content (AvgIpc) is 2.80. The first-order chi connectivity index (χ1) is 8.66. The number of carboxylic acids is 1. The van der Waals surface area contributed by atoms with Crippen LogP contribution in [0, 0.1) is 5.82 Å². The maximum Gasteiger partial charge on any atom is 0.346 e. The van der Waals surface area contributed by atoms with Crippen LogP contribution in [0.15, 0.2) is 35.7 Å². The molecular weight excluding hydrogens is 253 g/mol. The van der Waals surface area contributed by atoms with Crippen LogP contribution >= 0.6 is 11.3 Å². The van der Waals surface area contributed by atoms with Crippen molar-refractivity contribution in [2.75, 3.05) is 0 Å². The van der Waals surface area contributed by atoms with E-state index in [0.717, 1.165) is 11.1 Å². The highest BCUT2D eigenvalue weighted by atomic mass is 32.1. The zero-order valence-electron chi connectivity index (χ0n) is 9.52. The largest absolute Gasteiger partial charge is 0.477 e. The molecule has 0 spiro atoms. The Hall–Kier alpha value is -1.72. The van der Waals surface area contributed by atoms with E-state index in [4.69, 9.17) is 5.11 Å². The number of carbonyl (C=O) groups is 1. The molecule has 1 aromatic carbocycles. The third kappa shape index (κ3) is 3.15. The first kappa shape index (κ1) is 12.7. The topological polar surface area (TPSA) is 49.3 Å². The molecule has 1 aromatic heterocycles. The van der Waals surface area contributed by atoms with Crippen LogP contribution in [0.3, 0.4) is 0 Å². The number of benzene rings is 1. The lowest BCUT2D eigenvalue weighted by Crippen LogP contribution is -2.14. The Morgan fingerprint density at radius 1 is 1.22 bits per heavy atom. The Morgan fingerprint density at radius 3 is 2.61 bits per heavy atom. The van der Waals surface area contributed by atoms with Crippen LogP contribution in [0.4, 0.5) is 4.39 Å². The quantitative estimate of drug-likeness (QED) is 0.874. The summed E-state index contributed by atoms with van der Waals surface area (Å²) >= 11 is 1.22. The number of hydrogen-bond donors (Lipinski definition) is 2. The van der Waals surface area contributed by atoms with E-state index in [1.165, 1.54) is 23.5 Å².